The standard InChI is InChI=1S/C23H26N4O2/c1-17-6-5-9-20-22(17)25-16-27(23(20)29)13-11-21(28)24-14-18-10-12-26(15-18)19-7-3-2-4-8-19/h2-9,16,18H,10-15H2,1H3,(H,24,28). The number of carbonyl (C=O) groups excluding carboxylic acids is 1. The van der Waals surface area contributed by atoms with Crippen molar-refractivity contribution in [1.29, 1.82) is 0 Å². The molecule has 1 saturated heterocycles. The lowest BCUT2D eigenvalue weighted by atomic mass is 10.1. The van der Waals surface area contributed by atoms with E-state index in [0.29, 0.717) is 24.4 Å². The Kier molecular flexibility index (Phi) is 5.60. The number of nitrogens with zero attached hydrogens (tertiary/aromatic N) is 3. The second-order valence-corrected chi connectivity index (χ2v) is 7.70. The second kappa shape index (κ2) is 8.47. The Labute approximate surface area is 170 Å². The lowest BCUT2D eigenvalue weighted by Gasteiger charge is -2.18. The molecule has 1 amide bonds. The summed E-state index contributed by atoms with van der Waals surface area (Å²) in [7, 11) is 0. The zero-order chi connectivity index (χ0) is 20.2. The smallest absolute Gasteiger partial charge is 0.261 e. The molecule has 0 spiro atoms. The average Bonchev–Trinajstić information content (AvgIpc) is 3.22. The highest BCUT2D eigenvalue weighted by atomic mass is 16.1. The maximum atomic E-state index is 12.6. The number of aromatic nitrogens is 2. The summed E-state index contributed by atoms with van der Waals surface area (Å²) in [5.41, 5.74) is 2.84. The lowest BCUT2D eigenvalue weighted by Crippen LogP contribution is -2.32. The van der Waals surface area contributed by atoms with E-state index >= 15 is 0 Å². The Hall–Kier alpha value is -3.15. The third-order valence-electron chi connectivity index (χ3n) is 5.63. The summed E-state index contributed by atoms with van der Waals surface area (Å²) in [6, 6.07) is 16.0. The molecule has 1 atom stereocenters. The van der Waals surface area contributed by atoms with Crippen LogP contribution in [0.3, 0.4) is 0 Å². The van der Waals surface area contributed by atoms with Crippen LogP contribution in [-0.2, 0) is 11.3 Å². The molecule has 150 valence electrons. The highest BCUT2D eigenvalue weighted by Gasteiger charge is 2.22. The number of hydrogen-bond donors (Lipinski definition) is 1. The summed E-state index contributed by atoms with van der Waals surface area (Å²) in [6.07, 6.45) is 2.89. The van der Waals surface area contributed by atoms with E-state index in [1.165, 1.54) is 10.3 Å². The summed E-state index contributed by atoms with van der Waals surface area (Å²) in [5, 5.41) is 3.63. The monoisotopic (exact) mass is 390 g/mol. The maximum Gasteiger partial charge on any atom is 0.261 e. The molecule has 6 nitrogen and oxygen atoms in total. The Morgan fingerprint density at radius 2 is 2.00 bits per heavy atom. The molecular weight excluding hydrogens is 364 g/mol. The third-order valence-corrected chi connectivity index (χ3v) is 5.63. The molecule has 2 heterocycles. The summed E-state index contributed by atoms with van der Waals surface area (Å²) < 4.78 is 1.52. The van der Waals surface area contributed by atoms with Crippen molar-refractivity contribution in [2.45, 2.75) is 26.3 Å². The number of benzene rings is 2. The molecule has 0 aliphatic carbocycles. The quantitative estimate of drug-likeness (QED) is 0.703. The molecule has 0 radical (unpaired) electrons. The Morgan fingerprint density at radius 1 is 1.17 bits per heavy atom. The summed E-state index contributed by atoms with van der Waals surface area (Å²) >= 11 is 0. The van der Waals surface area contributed by atoms with Gasteiger partial charge in [-0.05, 0) is 43.0 Å². The van der Waals surface area contributed by atoms with Gasteiger partial charge in [-0.15, -0.1) is 0 Å². The number of amides is 1. The zero-order valence-electron chi connectivity index (χ0n) is 16.7. The van der Waals surface area contributed by atoms with Crippen LogP contribution in [-0.4, -0.2) is 35.1 Å². The number of fused-ring (bicyclic) bond motifs is 1. The fourth-order valence-electron chi connectivity index (χ4n) is 3.94. The first-order valence-corrected chi connectivity index (χ1v) is 10.1. The number of hydrogen-bond acceptors (Lipinski definition) is 4. The largest absolute Gasteiger partial charge is 0.371 e. The van der Waals surface area contributed by atoms with E-state index in [1.807, 2.05) is 25.1 Å². The van der Waals surface area contributed by atoms with Gasteiger partial charge in [-0.1, -0.05) is 30.3 Å². The first-order chi connectivity index (χ1) is 14.1. The number of anilines is 1. The number of rotatable bonds is 6. The molecule has 4 rings (SSSR count). The topological polar surface area (TPSA) is 67.2 Å². The van der Waals surface area contributed by atoms with E-state index in [-0.39, 0.29) is 17.9 Å². The van der Waals surface area contributed by atoms with E-state index in [0.717, 1.165) is 30.6 Å². The highest BCUT2D eigenvalue weighted by Crippen LogP contribution is 2.22. The first kappa shape index (κ1) is 19.2. The summed E-state index contributed by atoms with van der Waals surface area (Å²) in [5.74, 6) is 0.423. The number of para-hydroxylation sites is 2. The predicted molar refractivity (Wildman–Crippen MR) is 115 cm³/mol. The molecule has 1 N–H and O–H groups in total. The van der Waals surface area contributed by atoms with Crippen LogP contribution in [0.4, 0.5) is 5.69 Å². The fourth-order valence-corrected chi connectivity index (χ4v) is 3.94. The van der Waals surface area contributed by atoms with Gasteiger partial charge in [-0.3, -0.25) is 14.2 Å². The first-order valence-electron chi connectivity index (χ1n) is 10.1. The molecule has 0 saturated carbocycles. The van der Waals surface area contributed by atoms with Gasteiger partial charge in [-0.25, -0.2) is 4.98 Å². The number of carbonyl (C=O) groups is 1. The van der Waals surface area contributed by atoms with Crippen LogP contribution in [0, 0.1) is 12.8 Å². The van der Waals surface area contributed by atoms with Gasteiger partial charge in [0.05, 0.1) is 17.2 Å². The number of aryl methyl sites for hydroxylation is 2. The Balaban J connectivity index is 1.28. The van der Waals surface area contributed by atoms with Crippen LogP contribution >= 0.6 is 0 Å². The van der Waals surface area contributed by atoms with Gasteiger partial charge in [0.2, 0.25) is 5.91 Å². The van der Waals surface area contributed by atoms with Crippen LogP contribution in [0.5, 0.6) is 0 Å². The molecular formula is C23H26N4O2. The van der Waals surface area contributed by atoms with Crippen molar-refractivity contribution in [3.63, 3.8) is 0 Å². The van der Waals surface area contributed by atoms with Crippen molar-refractivity contribution < 1.29 is 4.79 Å². The van der Waals surface area contributed by atoms with Crippen molar-refractivity contribution in [2.24, 2.45) is 5.92 Å². The van der Waals surface area contributed by atoms with Crippen molar-refractivity contribution in [2.75, 3.05) is 24.5 Å². The van der Waals surface area contributed by atoms with Crippen LogP contribution < -0.4 is 15.8 Å². The van der Waals surface area contributed by atoms with Crippen molar-refractivity contribution in [3.8, 4) is 0 Å². The normalized spacial score (nSPS) is 16.3. The summed E-state index contributed by atoms with van der Waals surface area (Å²) in [4.78, 5) is 31.7. The lowest BCUT2D eigenvalue weighted by molar-refractivity contribution is -0.121. The SMILES string of the molecule is Cc1cccc2c(=O)n(CCC(=O)NCC3CCN(c4ccccc4)C3)cnc12. The molecule has 29 heavy (non-hydrogen) atoms. The van der Waals surface area contributed by atoms with Crippen molar-refractivity contribution in [1.82, 2.24) is 14.9 Å². The van der Waals surface area contributed by atoms with Gasteiger partial charge in [-0.2, -0.15) is 0 Å². The van der Waals surface area contributed by atoms with E-state index in [1.54, 1.807) is 12.4 Å². The fraction of sp³-hybridized carbons (Fsp3) is 0.348. The van der Waals surface area contributed by atoms with Crippen LogP contribution in [0.1, 0.15) is 18.4 Å². The molecule has 3 aromatic rings. The second-order valence-electron chi connectivity index (χ2n) is 7.70. The van der Waals surface area contributed by atoms with E-state index in [2.05, 4.69) is 39.5 Å². The molecule has 1 unspecified atom stereocenters. The maximum absolute atomic E-state index is 12.6. The van der Waals surface area contributed by atoms with Gasteiger partial charge in [0, 0.05) is 38.3 Å². The third kappa shape index (κ3) is 4.31. The van der Waals surface area contributed by atoms with Crippen molar-refractivity contribution >= 4 is 22.5 Å². The minimum Gasteiger partial charge on any atom is -0.371 e. The minimum atomic E-state index is -0.0965. The van der Waals surface area contributed by atoms with Crippen LogP contribution in [0.15, 0.2) is 59.7 Å². The van der Waals surface area contributed by atoms with E-state index in [9.17, 15) is 9.59 Å². The molecule has 2 aromatic carbocycles. The average molecular weight is 390 g/mol. The highest BCUT2D eigenvalue weighted by molar-refractivity contribution is 5.80. The number of nitrogens with one attached hydrogen (secondary N) is 1. The Morgan fingerprint density at radius 3 is 2.83 bits per heavy atom. The molecule has 1 aromatic heterocycles. The molecule has 6 heteroatoms. The zero-order valence-corrected chi connectivity index (χ0v) is 16.7. The molecule has 0 bridgehead atoms. The Bertz CT molecular complexity index is 1060. The van der Waals surface area contributed by atoms with E-state index in [4.69, 9.17) is 0 Å². The van der Waals surface area contributed by atoms with Gasteiger partial charge in [0.1, 0.15) is 0 Å². The van der Waals surface area contributed by atoms with Gasteiger partial charge in [0.25, 0.3) is 5.56 Å². The summed E-state index contributed by atoms with van der Waals surface area (Å²) in [6.45, 7) is 4.92. The van der Waals surface area contributed by atoms with Crippen LogP contribution in [0.2, 0.25) is 0 Å². The molecule has 1 fully saturated rings. The van der Waals surface area contributed by atoms with Crippen LogP contribution in [0.25, 0.3) is 10.9 Å². The van der Waals surface area contributed by atoms with Crippen molar-refractivity contribution in [3.05, 3.63) is 70.8 Å². The van der Waals surface area contributed by atoms with Gasteiger partial charge >= 0.3 is 0 Å². The van der Waals surface area contributed by atoms with Gasteiger partial charge < -0.3 is 10.2 Å². The predicted octanol–water partition coefficient (Wildman–Crippen LogP) is 2.74. The molecule has 1 aliphatic heterocycles. The van der Waals surface area contributed by atoms with E-state index < -0.39 is 0 Å². The van der Waals surface area contributed by atoms with Gasteiger partial charge in [0.15, 0.2) is 0 Å². The molecule has 1 aliphatic rings. The minimum absolute atomic E-state index is 0.0283.